The summed E-state index contributed by atoms with van der Waals surface area (Å²) in [7, 11) is 0. The molecule has 0 spiro atoms. The van der Waals surface area contributed by atoms with Crippen LogP contribution >= 0.6 is 0 Å². The van der Waals surface area contributed by atoms with Crippen LogP contribution < -0.4 is 11.3 Å². The third-order valence-corrected chi connectivity index (χ3v) is 3.24. The molecular weight excluding hydrogens is 248 g/mol. The van der Waals surface area contributed by atoms with Gasteiger partial charge in [-0.25, -0.2) is 0 Å². The van der Waals surface area contributed by atoms with Crippen LogP contribution in [0.2, 0.25) is 0 Å². The van der Waals surface area contributed by atoms with Gasteiger partial charge in [0.2, 0.25) is 0 Å². The molecule has 0 aliphatic carbocycles. The molecule has 1 aliphatic heterocycles. The molecule has 1 amide bonds. The predicted molar refractivity (Wildman–Crippen MR) is 70.1 cm³/mol. The van der Waals surface area contributed by atoms with Crippen LogP contribution in [0.4, 0.5) is 0 Å². The molecule has 104 valence electrons. The number of aromatic hydroxyl groups is 1. The normalized spacial score (nSPS) is 16.6. The number of carbonyl (C=O) groups is 1. The third-order valence-electron chi connectivity index (χ3n) is 3.24. The Labute approximate surface area is 110 Å². The number of carbonyl (C=O) groups excluding carboxylic acids is 1. The molecular formula is C12H18N4O3. The van der Waals surface area contributed by atoms with E-state index in [1.807, 2.05) is 0 Å². The Balaban J connectivity index is 2.03. The van der Waals surface area contributed by atoms with E-state index < -0.39 is 5.56 Å². The third kappa shape index (κ3) is 3.12. The number of piperazine rings is 1. The van der Waals surface area contributed by atoms with Gasteiger partial charge in [-0.05, 0) is 0 Å². The van der Waals surface area contributed by atoms with Gasteiger partial charge < -0.3 is 20.7 Å². The molecule has 19 heavy (non-hydrogen) atoms. The average Bonchev–Trinajstić information content (AvgIpc) is 2.39. The van der Waals surface area contributed by atoms with E-state index in [0.717, 1.165) is 25.7 Å². The number of aromatic amines is 1. The molecule has 1 aromatic rings. The first-order valence-electron chi connectivity index (χ1n) is 6.25. The second kappa shape index (κ2) is 5.85. The van der Waals surface area contributed by atoms with Crippen LogP contribution in [0, 0.1) is 0 Å². The van der Waals surface area contributed by atoms with Gasteiger partial charge in [-0.3, -0.25) is 14.5 Å². The number of nitrogens with zero attached hydrogens (tertiary/aromatic N) is 2. The smallest absolute Gasteiger partial charge is 0.259 e. The van der Waals surface area contributed by atoms with Gasteiger partial charge in [-0.1, -0.05) is 0 Å². The average molecular weight is 266 g/mol. The summed E-state index contributed by atoms with van der Waals surface area (Å²) in [5.41, 5.74) is 5.19. The van der Waals surface area contributed by atoms with Crippen LogP contribution in [0.5, 0.6) is 5.75 Å². The van der Waals surface area contributed by atoms with Crippen molar-refractivity contribution in [1.82, 2.24) is 14.8 Å². The van der Waals surface area contributed by atoms with Crippen molar-refractivity contribution in [3.05, 3.63) is 28.2 Å². The van der Waals surface area contributed by atoms with E-state index in [0.29, 0.717) is 19.6 Å². The van der Waals surface area contributed by atoms with E-state index in [1.54, 1.807) is 4.90 Å². The van der Waals surface area contributed by atoms with Crippen LogP contribution in [0.1, 0.15) is 10.4 Å². The van der Waals surface area contributed by atoms with Crippen LogP contribution in [-0.4, -0.2) is 65.1 Å². The van der Waals surface area contributed by atoms with Gasteiger partial charge in [0.25, 0.3) is 11.5 Å². The van der Waals surface area contributed by atoms with Crippen molar-refractivity contribution in [1.29, 1.82) is 0 Å². The monoisotopic (exact) mass is 266 g/mol. The number of pyridine rings is 1. The molecule has 1 fully saturated rings. The number of H-pyrrole nitrogens is 1. The van der Waals surface area contributed by atoms with Crippen LogP contribution in [0.3, 0.4) is 0 Å². The number of aromatic nitrogens is 1. The molecule has 1 saturated heterocycles. The lowest BCUT2D eigenvalue weighted by Gasteiger charge is -2.34. The van der Waals surface area contributed by atoms with Crippen molar-refractivity contribution in [3.63, 3.8) is 0 Å². The fourth-order valence-corrected chi connectivity index (χ4v) is 2.16. The Morgan fingerprint density at radius 3 is 2.63 bits per heavy atom. The zero-order valence-electron chi connectivity index (χ0n) is 10.6. The summed E-state index contributed by atoms with van der Waals surface area (Å²) in [6.45, 7) is 4.16. The Kier molecular flexibility index (Phi) is 4.18. The quantitative estimate of drug-likeness (QED) is 0.637. The molecule has 4 N–H and O–H groups in total. The molecule has 0 atom stereocenters. The topological polar surface area (TPSA) is 103 Å². The molecule has 2 rings (SSSR count). The summed E-state index contributed by atoms with van der Waals surface area (Å²) < 4.78 is 0. The van der Waals surface area contributed by atoms with E-state index in [-0.39, 0.29) is 17.2 Å². The fraction of sp³-hybridized carbons (Fsp3) is 0.500. The molecule has 0 aromatic carbocycles. The van der Waals surface area contributed by atoms with Crippen molar-refractivity contribution in [2.45, 2.75) is 0 Å². The Bertz CT molecular complexity index is 506. The lowest BCUT2D eigenvalue weighted by Crippen LogP contribution is -2.49. The molecule has 7 nitrogen and oxygen atoms in total. The lowest BCUT2D eigenvalue weighted by molar-refractivity contribution is 0.0637. The minimum absolute atomic E-state index is 0.131. The first kappa shape index (κ1) is 13.6. The van der Waals surface area contributed by atoms with Gasteiger partial charge in [-0.15, -0.1) is 0 Å². The Morgan fingerprint density at radius 2 is 2.05 bits per heavy atom. The largest absolute Gasteiger partial charge is 0.507 e. The van der Waals surface area contributed by atoms with E-state index in [2.05, 4.69) is 9.88 Å². The molecule has 0 radical (unpaired) electrons. The van der Waals surface area contributed by atoms with Crippen molar-refractivity contribution in [2.24, 2.45) is 5.73 Å². The zero-order chi connectivity index (χ0) is 13.8. The maximum absolute atomic E-state index is 12.2. The highest BCUT2D eigenvalue weighted by molar-refractivity contribution is 5.96. The zero-order valence-corrected chi connectivity index (χ0v) is 10.6. The van der Waals surface area contributed by atoms with Gasteiger partial charge >= 0.3 is 0 Å². The molecule has 7 heteroatoms. The number of nitrogens with one attached hydrogen (secondary N) is 1. The standard InChI is InChI=1S/C12H18N4O3/c13-1-2-15-3-5-16(6-4-15)12(19)9-8-14-11(18)7-10(9)17/h7-8H,1-6,13H2,(H2,14,17,18). The second-order valence-corrected chi connectivity index (χ2v) is 4.52. The number of nitrogens with two attached hydrogens (primary N) is 1. The minimum atomic E-state index is -0.429. The summed E-state index contributed by atoms with van der Waals surface area (Å²) in [5, 5.41) is 9.63. The predicted octanol–water partition coefficient (Wildman–Crippen LogP) is -1.20. The maximum Gasteiger partial charge on any atom is 0.259 e. The highest BCUT2D eigenvalue weighted by Gasteiger charge is 2.23. The molecule has 1 aliphatic rings. The van der Waals surface area contributed by atoms with Gasteiger partial charge in [-0.2, -0.15) is 0 Å². The summed E-state index contributed by atoms with van der Waals surface area (Å²) in [5.74, 6) is -0.542. The maximum atomic E-state index is 12.2. The van der Waals surface area contributed by atoms with Crippen LogP contribution in [-0.2, 0) is 0 Å². The van der Waals surface area contributed by atoms with Crippen LogP contribution in [0.15, 0.2) is 17.1 Å². The minimum Gasteiger partial charge on any atom is -0.507 e. The summed E-state index contributed by atoms with van der Waals surface area (Å²) in [4.78, 5) is 29.5. The van der Waals surface area contributed by atoms with Gasteiger partial charge in [0.05, 0.1) is 5.56 Å². The Hall–Kier alpha value is -1.86. The highest BCUT2D eigenvalue weighted by Crippen LogP contribution is 2.16. The van der Waals surface area contributed by atoms with Crippen molar-refractivity contribution >= 4 is 5.91 Å². The number of hydrogen-bond donors (Lipinski definition) is 3. The van der Waals surface area contributed by atoms with E-state index >= 15 is 0 Å². The molecule has 0 unspecified atom stereocenters. The molecule has 1 aromatic heterocycles. The first-order chi connectivity index (χ1) is 9.11. The first-order valence-corrected chi connectivity index (χ1v) is 6.25. The SMILES string of the molecule is NCCN1CCN(C(=O)c2c[nH]c(=O)cc2O)CC1. The van der Waals surface area contributed by atoms with Gasteiger partial charge in [0, 0.05) is 51.5 Å². The summed E-state index contributed by atoms with van der Waals surface area (Å²) >= 11 is 0. The highest BCUT2D eigenvalue weighted by atomic mass is 16.3. The number of hydrogen-bond acceptors (Lipinski definition) is 5. The summed E-state index contributed by atoms with van der Waals surface area (Å²) in [6, 6.07) is 1.01. The molecule has 0 saturated carbocycles. The van der Waals surface area contributed by atoms with Crippen LogP contribution in [0.25, 0.3) is 0 Å². The Morgan fingerprint density at radius 1 is 1.37 bits per heavy atom. The van der Waals surface area contributed by atoms with Gasteiger partial charge in [0.15, 0.2) is 0 Å². The molecule has 2 heterocycles. The fourth-order valence-electron chi connectivity index (χ4n) is 2.16. The summed E-state index contributed by atoms with van der Waals surface area (Å²) in [6.07, 6.45) is 1.26. The van der Waals surface area contributed by atoms with E-state index in [9.17, 15) is 14.7 Å². The van der Waals surface area contributed by atoms with Crippen molar-refractivity contribution in [2.75, 3.05) is 39.3 Å². The molecule has 0 bridgehead atoms. The van der Waals surface area contributed by atoms with E-state index in [1.165, 1.54) is 6.20 Å². The number of rotatable bonds is 3. The van der Waals surface area contributed by atoms with Crippen molar-refractivity contribution in [3.8, 4) is 5.75 Å². The number of amides is 1. The van der Waals surface area contributed by atoms with E-state index in [4.69, 9.17) is 5.73 Å². The lowest BCUT2D eigenvalue weighted by atomic mass is 10.2. The van der Waals surface area contributed by atoms with Gasteiger partial charge in [0.1, 0.15) is 5.75 Å². The second-order valence-electron chi connectivity index (χ2n) is 4.52. The van der Waals surface area contributed by atoms with Crippen molar-refractivity contribution < 1.29 is 9.90 Å².